The predicted octanol–water partition coefficient (Wildman–Crippen LogP) is 3.61. The Hall–Kier alpha value is -2.35. The number of rotatable bonds is 4. The van der Waals surface area contributed by atoms with Crippen LogP contribution in [0.4, 0.5) is 0 Å². The Labute approximate surface area is 153 Å². The lowest BCUT2D eigenvalue weighted by molar-refractivity contribution is 0.0909. The molecule has 1 fully saturated rings. The average molecular weight is 354 g/mol. The van der Waals surface area contributed by atoms with Crippen LogP contribution in [-0.2, 0) is 6.54 Å². The maximum Gasteiger partial charge on any atom is 0.251 e. The SMILES string of the molecule is N#Cc1cccc(C(=O)NC2CCN(Cc3ccc(Cl)cc3)CC2)c1. The minimum absolute atomic E-state index is 0.103. The van der Waals surface area contributed by atoms with E-state index >= 15 is 0 Å². The molecule has 3 rings (SSSR count). The Morgan fingerprint density at radius 3 is 2.60 bits per heavy atom. The Balaban J connectivity index is 1.49. The Morgan fingerprint density at radius 1 is 1.20 bits per heavy atom. The fourth-order valence-electron chi connectivity index (χ4n) is 3.08. The van der Waals surface area contributed by atoms with Crippen molar-refractivity contribution < 1.29 is 4.79 Å². The van der Waals surface area contributed by atoms with Crippen molar-refractivity contribution in [1.82, 2.24) is 10.2 Å². The van der Waals surface area contributed by atoms with Crippen molar-refractivity contribution in [3.8, 4) is 6.07 Å². The normalized spacial score (nSPS) is 15.5. The van der Waals surface area contributed by atoms with Crippen LogP contribution in [0.5, 0.6) is 0 Å². The number of halogens is 1. The van der Waals surface area contributed by atoms with Crippen molar-refractivity contribution in [2.24, 2.45) is 0 Å². The Kier molecular flexibility index (Phi) is 5.70. The fourth-order valence-corrected chi connectivity index (χ4v) is 3.21. The fraction of sp³-hybridized carbons (Fsp3) is 0.300. The van der Waals surface area contributed by atoms with E-state index in [0.29, 0.717) is 11.1 Å². The number of carbonyl (C=O) groups excluding carboxylic acids is 1. The second-order valence-electron chi connectivity index (χ2n) is 6.34. The van der Waals surface area contributed by atoms with Crippen molar-refractivity contribution in [2.75, 3.05) is 13.1 Å². The van der Waals surface area contributed by atoms with Crippen molar-refractivity contribution >= 4 is 17.5 Å². The van der Waals surface area contributed by atoms with Gasteiger partial charge >= 0.3 is 0 Å². The lowest BCUT2D eigenvalue weighted by Gasteiger charge is -2.32. The lowest BCUT2D eigenvalue weighted by atomic mass is 10.0. The van der Waals surface area contributed by atoms with Crippen LogP contribution < -0.4 is 5.32 Å². The monoisotopic (exact) mass is 353 g/mol. The summed E-state index contributed by atoms with van der Waals surface area (Å²) >= 11 is 5.92. The number of nitrogens with zero attached hydrogens (tertiary/aromatic N) is 2. The topological polar surface area (TPSA) is 56.1 Å². The van der Waals surface area contributed by atoms with Gasteiger partial charge in [0, 0.05) is 36.3 Å². The smallest absolute Gasteiger partial charge is 0.251 e. The first kappa shape index (κ1) is 17.5. The number of amides is 1. The summed E-state index contributed by atoms with van der Waals surface area (Å²) < 4.78 is 0. The number of hydrogen-bond donors (Lipinski definition) is 1. The van der Waals surface area contributed by atoms with Gasteiger partial charge in [-0.2, -0.15) is 5.26 Å². The first-order valence-electron chi connectivity index (χ1n) is 8.42. The summed E-state index contributed by atoms with van der Waals surface area (Å²) in [6, 6.07) is 17.0. The van der Waals surface area contributed by atoms with Crippen LogP contribution in [0.1, 0.15) is 34.3 Å². The van der Waals surface area contributed by atoms with Gasteiger partial charge in [-0.25, -0.2) is 0 Å². The largest absolute Gasteiger partial charge is 0.349 e. The number of hydrogen-bond acceptors (Lipinski definition) is 3. The van der Waals surface area contributed by atoms with E-state index in [2.05, 4.69) is 28.4 Å². The highest BCUT2D eigenvalue weighted by Crippen LogP contribution is 2.16. The van der Waals surface area contributed by atoms with Gasteiger partial charge in [-0.3, -0.25) is 9.69 Å². The van der Waals surface area contributed by atoms with E-state index in [1.807, 2.05) is 12.1 Å². The standard InChI is InChI=1S/C20H20ClN3O/c21-18-6-4-15(5-7-18)14-24-10-8-19(9-11-24)23-20(25)17-3-1-2-16(12-17)13-22/h1-7,12,19H,8-11,14H2,(H,23,25). The molecule has 1 heterocycles. The molecule has 2 aromatic rings. The van der Waals surface area contributed by atoms with Gasteiger partial charge in [-0.05, 0) is 48.7 Å². The number of likely N-dealkylation sites (tertiary alicyclic amines) is 1. The van der Waals surface area contributed by atoms with Gasteiger partial charge in [-0.1, -0.05) is 29.8 Å². The lowest BCUT2D eigenvalue weighted by Crippen LogP contribution is -2.44. The molecule has 5 heteroatoms. The average Bonchev–Trinajstić information content (AvgIpc) is 2.65. The molecular weight excluding hydrogens is 334 g/mol. The second-order valence-corrected chi connectivity index (χ2v) is 6.78. The molecule has 0 radical (unpaired) electrons. The summed E-state index contributed by atoms with van der Waals surface area (Å²) in [5, 5.41) is 12.8. The van der Waals surface area contributed by atoms with E-state index < -0.39 is 0 Å². The van der Waals surface area contributed by atoms with Gasteiger partial charge in [-0.15, -0.1) is 0 Å². The molecule has 0 aliphatic carbocycles. The molecule has 2 aromatic carbocycles. The second kappa shape index (κ2) is 8.15. The summed E-state index contributed by atoms with van der Waals surface area (Å²) in [4.78, 5) is 14.7. The summed E-state index contributed by atoms with van der Waals surface area (Å²) in [6.07, 6.45) is 1.86. The van der Waals surface area contributed by atoms with E-state index in [-0.39, 0.29) is 11.9 Å². The first-order valence-corrected chi connectivity index (χ1v) is 8.79. The van der Waals surface area contributed by atoms with E-state index in [1.54, 1.807) is 24.3 Å². The molecule has 1 aliphatic heterocycles. The number of nitriles is 1. The molecule has 1 aliphatic rings. The number of piperidine rings is 1. The first-order chi connectivity index (χ1) is 12.1. The maximum absolute atomic E-state index is 12.3. The molecule has 0 atom stereocenters. The van der Waals surface area contributed by atoms with Gasteiger partial charge < -0.3 is 5.32 Å². The van der Waals surface area contributed by atoms with Crippen molar-refractivity contribution in [3.05, 3.63) is 70.2 Å². The molecule has 25 heavy (non-hydrogen) atoms. The van der Waals surface area contributed by atoms with Crippen LogP contribution >= 0.6 is 11.6 Å². The van der Waals surface area contributed by atoms with E-state index in [9.17, 15) is 4.79 Å². The quantitative estimate of drug-likeness (QED) is 0.913. The maximum atomic E-state index is 12.3. The Morgan fingerprint density at radius 2 is 1.92 bits per heavy atom. The molecule has 128 valence electrons. The Bertz CT molecular complexity index is 774. The minimum Gasteiger partial charge on any atom is -0.349 e. The van der Waals surface area contributed by atoms with Gasteiger partial charge in [0.15, 0.2) is 0 Å². The van der Waals surface area contributed by atoms with E-state index in [0.717, 1.165) is 37.5 Å². The van der Waals surface area contributed by atoms with Crippen LogP contribution in [-0.4, -0.2) is 29.9 Å². The highest BCUT2D eigenvalue weighted by molar-refractivity contribution is 6.30. The number of carbonyl (C=O) groups is 1. The van der Waals surface area contributed by atoms with E-state index in [4.69, 9.17) is 16.9 Å². The molecule has 0 saturated carbocycles. The summed E-state index contributed by atoms with van der Waals surface area (Å²) in [5.74, 6) is -0.103. The van der Waals surface area contributed by atoms with Crippen molar-refractivity contribution in [1.29, 1.82) is 5.26 Å². The summed E-state index contributed by atoms with van der Waals surface area (Å²) in [6.45, 7) is 2.81. The third-order valence-electron chi connectivity index (χ3n) is 4.50. The third-order valence-corrected chi connectivity index (χ3v) is 4.75. The van der Waals surface area contributed by atoms with Gasteiger partial charge in [0.1, 0.15) is 0 Å². The molecule has 0 aromatic heterocycles. The van der Waals surface area contributed by atoms with E-state index in [1.165, 1.54) is 5.56 Å². The molecule has 1 amide bonds. The van der Waals surface area contributed by atoms with Crippen LogP contribution in [0.3, 0.4) is 0 Å². The van der Waals surface area contributed by atoms with Crippen molar-refractivity contribution in [3.63, 3.8) is 0 Å². The van der Waals surface area contributed by atoms with Gasteiger partial charge in [0.05, 0.1) is 11.6 Å². The third kappa shape index (κ3) is 4.82. The van der Waals surface area contributed by atoms with Crippen molar-refractivity contribution in [2.45, 2.75) is 25.4 Å². The number of benzene rings is 2. The molecule has 0 unspecified atom stereocenters. The molecule has 0 spiro atoms. The molecular formula is C20H20ClN3O. The molecule has 1 saturated heterocycles. The zero-order chi connectivity index (χ0) is 17.6. The highest BCUT2D eigenvalue weighted by Gasteiger charge is 2.21. The van der Waals surface area contributed by atoms with Crippen LogP contribution in [0.2, 0.25) is 5.02 Å². The predicted molar refractivity (Wildman–Crippen MR) is 98.4 cm³/mol. The zero-order valence-corrected chi connectivity index (χ0v) is 14.7. The highest BCUT2D eigenvalue weighted by atomic mass is 35.5. The minimum atomic E-state index is -0.103. The summed E-state index contributed by atoms with van der Waals surface area (Å²) in [5.41, 5.74) is 2.30. The zero-order valence-electron chi connectivity index (χ0n) is 13.9. The van der Waals surface area contributed by atoms with Crippen LogP contribution in [0.15, 0.2) is 48.5 Å². The van der Waals surface area contributed by atoms with Gasteiger partial charge in [0.2, 0.25) is 0 Å². The molecule has 4 nitrogen and oxygen atoms in total. The summed E-state index contributed by atoms with van der Waals surface area (Å²) in [7, 11) is 0. The molecule has 0 bridgehead atoms. The molecule has 1 N–H and O–H groups in total. The van der Waals surface area contributed by atoms with Gasteiger partial charge in [0.25, 0.3) is 5.91 Å². The van der Waals surface area contributed by atoms with Crippen LogP contribution in [0.25, 0.3) is 0 Å². The van der Waals surface area contributed by atoms with Crippen LogP contribution in [0, 0.1) is 11.3 Å². The number of nitrogens with one attached hydrogen (secondary N) is 1.